The van der Waals surface area contributed by atoms with E-state index in [4.69, 9.17) is 0 Å². The Bertz CT molecular complexity index is 1180. The van der Waals surface area contributed by atoms with Gasteiger partial charge in [0.05, 0.1) is 16.8 Å². The molecule has 8 heteroatoms. The molecule has 0 bridgehead atoms. The molecule has 2 N–H and O–H groups in total. The second-order valence-electron chi connectivity index (χ2n) is 6.46. The van der Waals surface area contributed by atoms with Crippen LogP contribution in [0.4, 0.5) is 5.82 Å². The van der Waals surface area contributed by atoms with Gasteiger partial charge in [-0.25, -0.2) is 24.7 Å². The third-order valence-corrected chi connectivity index (χ3v) is 4.53. The summed E-state index contributed by atoms with van der Waals surface area (Å²) < 4.78 is 0. The van der Waals surface area contributed by atoms with E-state index in [-0.39, 0.29) is 5.56 Å². The molecule has 8 nitrogen and oxygen atoms in total. The van der Waals surface area contributed by atoms with Crippen molar-refractivity contribution in [3.8, 4) is 11.3 Å². The Hall–Kier alpha value is -3.94. The monoisotopic (exact) mass is 386 g/mol. The molecule has 0 aliphatic rings. The molecule has 144 valence electrons. The van der Waals surface area contributed by atoms with Crippen molar-refractivity contribution < 1.29 is 9.90 Å². The summed E-state index contributed by atoms with van der Waals surface area (Å²) in [6.07, 6.45) is 7.16. The van der Waals surface area contributed by atoms with E-state index in [1.807, 2.05) is 25.1 Å². The number of carbonyl (C=O) groups is 1. The van der Waals surface area contributed by atoms with Crippen LogP contribution in [0.5, 0.6) is 0 Å². The number of para-hydroxylation sites is 1. The van der Waals surface area contributed by atoms with Crippen molar-refractivity contribution in [2.24, 2.45) is 0 Å². The van der Waals surface area contributed by atoms with E-state index in [9.17, 15) is 9.90 Å². The molecule has 3 heterocycles. The van der Waals surface area contributed by atoms with Crippen molar-refractivity contribution in [1.29, 1.82) is 0 Å². The molecule has 0 saturated heterocycles. The second-order valence-corrected chi connectivity index (χ2v) is 6.46. The largest absolute Gasteiger partial charge is 0.478 e. The minimum atomic E-state index is -0.957. The van der Waals surface area contributed by atoms with Gasteiger partial charge in [-0.2, -0.15) is 0 Å². The van der Waals surface area contributed by atoms with Crippen molar-refractivity contribution in [2.75, 3.05) is 11.9 Å². The number of aromatic carboxylic acids is 1. The summed E-state index contributed by atoms with van der Waals surface area (Å²) in [5.41, 5.74) is 3.49. The number of rotatable bonds is 6. The Morgan fingerprint density at radius 2 is 1.90 bits per heavy atom. The summed E-state index contributed by atoms with van der Waals surface area (Å²) >= 11 is 0. The van der Waals surface area contributed by atoms with Crippen LogP contribution in [0.3, 0.4) is 0 Å². The average Bonchev–Trinajstić information content (AvgIpc) is 2.74. The van der Waals surface area contributed by atoms with Gasteiger partial charge in [-0.15, -0.1) is 0 Å². The standard InChI is InChI=1S/C21H18N6O2/c1-13-24-10-15(11-25-13)18-9-19(27-12-26-18)22-7-5-14-3-2-4-16-17(21(28)29)6-8-23-20(14)16/h2-4,6,8-12H,5,7H2,1H3,(H,28,29)(H,22,26,27). The summed E-state index contributed by atoms with van der Waals surface area (Å²) in [5.74, 6) is 0.437. The van der Waals surface area contributed by atoms with Crippen LogP contribution in [0.15, 0.2) is 55.2 Å². The molecule has 29 heavy (non-hydrogen) atoms. The third-order valence-electron chi connectivity index (χ3n) is 4.53. The number of benzene rings is 1. The fraction of sp³-hybridized carbons (Fsp3) is 0.143. The lowest BCUT2D eigenvalue weighted by atomic mass is 10.0. The summed E-state index contributed by atoms with van der Waals surface area (Å²) in [6.45, 7) is 2.44. The predicted molar refractivity (Wildman–Crippen MR) is 109 cm³/mol. The van der Waals surface area contributed by atoms with Crippen LogP contribution in [0.2, 0.25) is 0 Å². The summed E-state index contributed by atoms with van der Waals surface area (Å²) in [7, 11) is 0. The maximum atomic E-state index is 11.4. The summed E-state index contributed by atoms with van der Waals surface area (Å²) in [5, 5.41) is 13.3. The minimum Gasteiger partial charge on any atom is -0.478 e. The van der Waals surface area contributed by atoms with Crippen molar-refractivity contribution in [1.82, 2.24) is 24.9 Å². The summed E-state index contributed by atoms with van der Waals surface area (Å²) in [4.78, 5) is 32.7. The highest BCUT2D eigenvalue weighted by atomic mass is 16.4. The first-order valence-electron chi connectivity index (χ1n) is 9.06. The molecular weight excluding hydrogens is 368 g/mol. The lowest BCUT2D eigenvalue weighted by Crippen LogP contribution is -2.08. The zero-order valence-corrected chi connectivity index (χ0v) is 15.7. The number of pyridine rings is 1. The normalized spacial score (nSPS) is 10.8. The Morgan fingerprint density at radius 3 is 2.69 bits per heavy atom. The number of hydrogen-bond donors (Lipinski definition) is 2. The number of carboxylic acid groups (broad SMARTS) is 1. The highest BCUT2D eigenvalue weighted by Gasteiger charge is 2.11. The van der Waals surface area contributed by atoms with Gasteiger partial charge in [0, 0.05) is 42.2 Å². The zero-order chi connectivity index (χ0) is 20.2. The number of hydrogen-bond acceptors (Lipinski definition) is 7. The molecule has 1 aromatic carbocycles. The van der Waals surface area contributed by atoms with Gasteiger partial charge in [0.1, 0.15) is 18.0 Å². The van der Waals surface area contributed by atoms with Crippen LogP contribution in [0.25, 0.3) is 22.2 Å². The highest BCUT2D eigenvalue weighted by molar-refractivity contribution is 6.03. The van der Waals surface area contributed by atoms with E-state index >= 15 is 0 Å². The Kier molecular flexibility index (Phi) is 5.07. The first-order valence-corrected chi connectivity index (χ1v) is 9.06. The molecule has 0 atom stereocenters. The Labute approximate surface area is 166 Å². The van der Waals surface area contributed by atoms with E-state index in [2.05, 4.69) is 30.2 Å². The van der Waals surface area contributed by atoms with E-state index in [0.29, 0.717) is 35.5 Å². The number of anilines is 1. The van der Waals surface area contributed by atoms with Crippen molar-refractivity contribution in [3.63, 3.8) is 0 Å². The van der Waals surface area contributed by atoms with Crippen LogP contribution in [0.1, 0.15) is 21.7 Å². The van der Waals surface area contributed by atoms with E-state index in [0.717, 1.165) is 16.8 Å². The molecule has 0 saturated carbocycles. The van der Waals surface area contributed by atoms with Crippen LogP contribution in [-0.4, -0.2) is 42.5 Å². The zero-order valence-electron chi connectivity index (χ0n) is 15.7. The van der Waals surface area contributed by atoms with E-state index in [1.165, 1.54) is 18.6 Å². The van der Waals surface area contributed by atoms with Crippen molar-refractivity contribution >= 4 is 22.7 Å². The van der Waals surface area contributed by atoms with Crippen molar-refractivity contribution in [2.45, 2.75) is 13.3 Å². The molecule has 0 aliphatic carbocycles. The molecule has 0 fully saturated rings. The van der Waals surface area contributed by atoms with Gasteiger partial charge in [0.25, 0.3) is 0 Å². The van der Waals surface area contributed by atoms with Crippen LogP contribution in [0, 0.1) is 6.92 Å². The number of nitrogens with zero attached hydrogens (tertiary/aromatic N) is 5. The van der Waals surface area contributed by atoms with E-state index in [1.54, 1.807) is 18.5 Å². The van der Waals surface area contributed by atoms with E-state index < -0.39 is 5.97 Å². The smallest absolute Gasteiger partial charge is 0.336 e. The molecule has 0 aliphatic heterocycles. The molecule has 4 rings (SSSR count). The van der Waals surface area contributed by atoms with Gasteiger partial charge >= 0.3 is 5.97 Å². The highest BCUT2D eigenvalue weighted by Crippen LogP contribution is 2.21. The second kappa shape index (κ2) is 7.97. The van der Waals surface area contributed by atoms with Crippen LogP contribution < -0.4 is 5.32 Å². The third kappa shape index (κ3) is 4.01. The first-order chi connectivity index (χ1) is 14.1. The van der Waals surface area contributed by atoms with Gasteiger partial charge < -0.3 is 10.4 Å². The number of nitrogens with one attached hydrogen (secondary N) is 1. The van der Waals surface area contributed by atoms with Gasteiger partial charge in [0.2, 0.25) is 0 Å². The predicted octanol–water partition coefficient (Wildman–Crippen LogP) is 3.14. The fourth-order valence-electron chi connectivity index (χ4n) is 3.09. The lowest BCUT2D eigenvalue weighted by Gasteiger charge is -2.09. The van der Waals surface area contributed by atoms with Crippen LogP contribution in [-0.2, 0) is 6.42 Å². The molecule has 3 aromatic heterocycles. The van der Waals surface area contributed by atoms with Crippen LogP contribution >= 0.6 is 0 Å². The maximum Gasteiger partial charge on any atom is 0.336 e. The number of aryl methyl sites for hydroxylation is 1. The number of fused-ring (bicyclic) bond motifs is 1. The topological polar surface area (TPSA) is 114 Å². The Balaban J connectivity index is 1.50. The fourth-order valence-corrected chi connectivity index (χ4v) is 3.09. The first kappa shape index (κ1) is 18.4. The Morgan fingerprint density at radius 1 is 1.07 bits per heavy atom. The molecule has 0 spiro atoms. The number of carboxylic acids is 1. The van der Waals surface area contributed by atoms with Crippen molar-refractivity contribution in [3.05, 3.63) is 72.2 Å². The lowest BCUT2D eigenvalue weighted by molar-refractivity contribution is 0.0699. The van der Waals surface area contributed by atoms with Gasteiger partial charge in [-0.1, -0.05) is 18.2 Å². The summed E-state index contributed by atoms with van der Waals surface area (Å²) in [6, 6.07) is 8.95. The van der Waals surface area contributed by atoms with Gasteiger partial charge in [0.15, 0.2) is 0 Å². The van der Waals surface area contributed by atoms with Gasteiger partial charge in [-0.05, 0) is 25.0 Å². The molecular formula is C21H18N6O2. The molecule has 4 aromatic rings. The SMILES string of the molecule is Cc1ncc(-c2cc(NCCc3cccc4c(C(=O)O)ccnc34)ncn2)cn1. The maximum absolute atomic E-state index is 11.4. The molecule has 0 radical (unpaired) electrons. The molecule has 0 unspecified atom stereocenters. The molecule has 0 amide bonds. The average molecular weight is 386 g/mol. The number of aromatic nitrogens is 5. The minimum absolute atomic E-state index is 0.255. The quantitative estimate of drug-likeness (QED) is 0.519. The van der Waals surface area contributed by atoms with Gasteiger partial charge in [-0.3, -0.25) is 4.98 Å².